The molecule has 3 aromatic carbocycles. The summed E-state index contributed by atoms with van der Waals surface area (Å²) in [5, 5.41) is 7.49. The number of halogens is 1. The Morgan fingerprint density at radius 2 is 1.73 bits per heavy atom. The van der Waals surface area contributed by atoms with Crippen molar-refractivity contribution in [3.8, 4) is 22.8 Å². The van der Waals surface area contributed by atoms with Gasteiger partial charge < -0.3 is 4.74 Å². The second-order valence-electron chi connectivity index (χ2n) is 6.43. The van der Waals surface area contributed by atoms with Crippen LogP contribution in [-0.2, 0) is 0 Å². The number of benzene rings is 3. The molecule has 0 aliphatic rings. The molecule has 0 spiro atoms. The number of thiazole rings is 1. The molecule has 4 nitrogen and oxygen atoms in total. The van der Waals surface area contributed by atoms with Crippen LogP contribution in [0.3, 0.4) is 0 Å². The van der Waals surface area contributed by atoms with Crippen molar-refractivity contribution in [2.75, 3.05) is 6.54 Å². The fourth-order valence-corrected chi connectivity index (χ4v) is 3.91. The van der Waals surface area contributed by atoms with Gasteiger partial charge in [0.15, 0.2) is 0 Å². The molecule has 0 aliphatic heterocycles. The molecule has 0 bridgehead atoms. The Kier molecular flexibility index (Phi) is 6.42. The SMILES string of the molecule is CCN=c1scc(-c2ccc(Cl)cc2)n1N=Cc1cccc(Oc2ccccc2)c1. The van der Waals surface area contributed by atoms with E-state index in [1.165, 1.54) is 0 Å². The number of rotatable bonds is 6. The first-order chi connectivity index (χ1) is 14.7. The van der Waals surface area contributed by atoms with Gasteiger partial charge in [-0.2, -0.15) is 5.10 Å². The lowest BCUT2D eigenvalue weighted by molar-refractivity contribution is 0.482. The van der Waals surface area contributed by atoms with Crippen LogP contribution in [-0.4, -0.2) is 17.4 Å². The third kappa shape index (κ3) is 4.87. The van der Waals surface area contributed by atoms with Gasteiger partial charge in [0.25, 0.3) is 0 Å². The molecule has 150 valence electrons. The number of ether oxygens (including phenoxy) is 1. The summed E-state index contributed by atoms with van der Waals surface area (Å²) in [5.41, 5.74) is 2.94. The Balaban J connectivity index is 1.65. The highest BCUT2D eigenvalue weighted by Crippen LogP contribution is 2.23. The number of aromatic nitrogens is 1. The van der Waals surface area contributed by atoms with Crippen LogP contribution in [0.5, 0.6) is 11.5 Å². The molecule has 0 amide bonds. The van der Waals surface area contributed by atoms with E-state index >= 15 is 0 Å². The quantitative estimate of drug-likeness (QED) is 0.321. The van der Waals surface area contributed by atoms with E-state index in [0.717, 1.165) is 33.1 Å². The molecule has 0 fully saturated rings. The van der Waals surface area contributed by atoms with Crippen LogP contribution in [0.2, 0.25) is 5.02 Å². The van der Waals surface area contributed by atoms with Crippen molar-refractivity contribution >= 4 is 29.2 Å². The zero-order valence-corrected chi connectivity index (χ0v) is 18.0. The lowest BCUT2D eigenvalue weighted by Crippen LogP contribution is -2.12. The van der Waals surface area contributed by atoms with Crippen LogP contribution in [0.1, 0.15) is 12.5 Å². The molecule has 1 aromatic heterocycles. The topological polar surface area (TPSA) is 38.9 Å². The molecule has 0 saturated carbocycles. The largest absolute Gasteiger partial charge is 0.457 e. The van der Waals surface area contributed by atoms with Crippen molar-refractivity contribution in [1.82, 2.24) is 4.68 Å². The minimum Gasteiger partial charge on any atom is -0.457 e. The summed E-state index contributed by atoms with van der Waals surface area (Å²) >= 11 is 7.61. The van der Waals surface area contributed by atoms with Crippen molar-refractivity contribution in [3.05, 3.63) is 99.6 Å². The molecule has 0 unspecified atom stereocenters. The zero-order valence-electron chi connectivity index (χ0n) is 16.4. The molecule has 4 aromatic rings. The molecular formula is C24H20ClN3OS. The number of nitrogens with zero attached hydrogens (tertiary/aromatic N) is 3. The number of para-hydroxylation sites is 1. The maximum Gasteiger partial charge on any atom is 0.206 e. The normalized spacial score (nSPS) is 11.9. The van der Waals surface area contributed by atoms with Crippen LogP contribution in [0.25, 0.3) is 11.3 Å². The molecule has 0 atom stereocenters. The summed E-state index contributed by atoms with van der Waals surface area (Å²) in [6.45, 7) is 2.70. The van der Waals surface area contributed by atoms with Crippen molar-refractivity contribution in [2.45, 2.75) is 6.92 Å². The average molecular weight is 434 g/mol. The first-order valence-electron chi connectivity index (χ1n) is 9.57. The van der Waals surface area contributed by atoms with Crippen LogP contribution < -0.4 is 9.54 Å². The molecule has 6 heteroatoms. The van der Waals surface area contributed by atoms with E-state index < -0.39 is 0 Å². The van der Waals surface area contributed by atoms with Gasteiger partial charge in [0.05, 0.1) is 11.9 Å². The third-order valence-electron chi connectivity index (χ3n) is 4.28. The summed E-state index contributed by atoms with van der Waals surface area (Å²) in [6, 6.07) is 25.3. The number of hydrogen-bond acceptors (Lipinski definition) is 4. The van der Waals surface area contributed by atoms with E-state index in [0.29, 0.717) is 11.6 Å². The Morgan fingerprint density at radius 1 is 0.967 bits per heavy atom. The minimum atomic E-state index is 0.691. The van der Waals surface area contributed by atoms with Gasteiger partial charge >= 0.3 is 0 Å². The van der Waals surface area contributed by atoms with Gasteiger partial charge in [0, 0.05) is 22.5 Å². The fourth-order valence-electron chi connectivity index (χ4n) is 2.88. The molecule has 0 N–H and O–H groups in total. The lowest BCUT2D eigenvalue weighted by atomic mass is 10.2. The van der Waals surface area contributed by atoms with Crippen LogP contribution in [0, 0.1) is 0 Å². The smallest absolute Gasteiger partial charge is 0.206 e. The third-order valence-corrected chi connectivity index (χ3v) is 5.38. The first-order valence-corrected chi connectivity index (χ1v) is 10.8. The molecule has 0 saturated heterocycles. The van der Waals surface area contributed by atoms with E-state index in [9.17, 15) is 0 Å². The van der Waals surface area contributed by atoms with Crippen LogP contribution in [0.4, 0.5) is 0 Å². The maximum atomic E-state index is 6.04. The second kappa shape index (κ2) is 9.57. The van der Waals surface area contributed by atoms with Gasteiger partial charge in [-0.05, 0) is 48.9 Å². The standard InChI is InChI=1S/C24H20ClN3OS/c1-2-26-24-28(23(17-30-24)19-11-13-20(25)14-12-19)27-16-18-7-6-10-22(15-18)29-21-8-4-3-5-9-21/h3-17H,2H2,1H3. The van der Waals surface area contributed by atoms with E-state index in [1.54, 1.807) is 11.3 Å². The van der Waals surface area contributed by atoms with Crippen LogP contribution >= 0.6 is 22.9 Å². The van der Waals surface area contributed by atoms with E-state index in [-0.39, 0.29) is 0 Å². The summed E-state index contributed by atoms with van der Waals surface area (Å²) in [6.07, 6.45) is 1.82. The Morgan fingerprint density at radius 3 is 2.50 bits per heavy atom. The fraction of sp³-hybridized carbons (Fsp3) is 0.0833. The molecule has 30 heavy (non-hydrogen) atoms. The van der Waals surface area contributed by atoms with Crippen molar-refractivity contribution in [1.29, 1.82) is 0 Å². The highest BCUT2D eigenvalue weighted by atomic mass is 35.5. The molecule has 4 rings (SSSR count). The van der Waals surface area contributed by atoms with Crippen molar-refractivity contribution in [2.24, 2.45) is 10.1 Å². The molecule has 0 radical (unpaired) electrons. The van der Waals surface area contributed by atoms with Gasteiger partial charge in [-0.25, -0.2) is 4.68 Å². The van der Waals surface area contributed by atoms with E-state index in [1.807, 2.05) is 96.7 Å². The highest BCUT2D eigenvalue weighted by molar-refractivity contribution is 7.07. The summed E-state index contributed by atoms with van der Waals surface area (Å²) in [7, 11) is 0. The monoisotopic (exact) mass is 433 g/mol. The van der Waals surface area contributed by atoms with Gasteiger partial charge in [-0.1, -0.05) is 54.1 Å². The van der Waals surface area contributed by atoms with Gasteiger partial charge in [-0.15, -0.1) is 11.3 Å². The Labute approximate surface area is 184 Å². The zero-order chi connectivity index (χ0) is 20.8. The predicted molar refractivity (Wildman–Crippen MR) is 125 cm³/mol. The van der Waals surface area contributed by atoms with Gasteiger partial charge in [0.1, 0.15) is 11.5 Å². The van der Waals surface area contributed by atoms with E-state index in [2.05, 4.69) is 10.4 Å². The average Bonchev–Trinajstić information content (AvgIpc) is 3.17. The highest BCUT2D eigenvalue weighted by Gasteiger charge is 2.07. The van der Waals surface area contributed by atoms with Crippen LogP contribution in [0.15, 0.2) is 94.3 Å². The van der Waals surface area contributed by atoms with E-state index in [4.69, 9.17) is 21.4 Å². The minimum absolute atomic E-state index is 0.691. The Bertz CT molecular complexity index is 1210. The lowest BCUT2D eigenvalue weighted by Gasteiger charge is -2.06. The van der Waals surface area contributed by atoms with Gasteiger partial charge in [-0.3, -0.25) is 4.99 Å². The molecule has 1 heterocycles. The molecular weight excluding hydrogens is 414 g/mol. The summed E-state index contributed by atoms with van der Waals surface area (Å²) < 4.78 is 7.79. The number of hydrogen-bond donors (Lipinski definition) is 0. The predicted octanol–water partition coefficient (Wildman–Crippen LogP) is 6.47. The van der Waals surface area contributed by atoms with Gasteiger partial charge in [0.2, 0.25) is 4.80 Å². The summed E-state index contributed by atoms with van der Waals surface area (Å²) in [4.78, 5) is 5.42. The van der Waals surface area contributed by atoms with Crippen molar-refractivity contribution in [3.63, 3.8) is 0 Å². The maximum absolute atomic E-state index is 6.04. The summed E-state index contributed by atoms with van der Waals surface area (Å²) in [5.74, 6) is 1.56. The Hall–Kier alpha value is -3.15. The molecule has 0 aliphatic carbocycles. The van der Waals surface area contributed by atoms with Crippen molar-refractivity contribution < 1.29 is 4.74 Å². The second-order valence-corrected chi connectivity index (χ2v) is 7.70. The first kappa shape index (κ1) is 20.1.